The van der Waals surface area contributed by atoms with Crippen molar-refractivity contribution in [3.05, 3.63) is 66.2 Å². The molecule has 2 unspecified atom stereocenters. The monoisotopic (exact) mass is 459 g/mol. The van der Waals surface area contributed by atoms with Gasteiger partial charge in [-0.2, -0.15) is 0 Å². The predicted molar refractivity (Wildman–Crippen MR) is 135 cm³/mol. The van der Waals surface area contributed by atoms with E-state index in [9.17, 15) is 9.59 Å². The van der Waals surface area contributed by atoms with E-state index >= 15 is 0 Å². The number of carbonyl (C=O) groups excluding carboxylic acids is 2. The fourth-order valence-electron chi connectivity index (χ4n) is 7.25. The molecule has 4 bridgehead atoms. The Morgan fingerprint density at radius 1 is 0.735 bits per heavy atom. The largest absolute Gasteiger partial charge is 0.383 e. The summed E-state index contributed by atoms with van der Waals surface area (Å²) < 4.78 is 0. The number of anilines is 1. The minimum Gasteiger partial charge on any atom is -0.383 e. The number of hydrogen-bond acceptors (Lipinski definition) is 3. The van der Waals surface area contributed by atoms with Crippen molar-refractivity contribution in [2.24, 2.45) is 22.7 Å². The van der Waals surface area contributed by atoms with E-state index in [0.29, 0.717) is 31.5 Å². The molecule has 0 radical (unpaired) electrons. The number of carbonyl (C=O) groups is 2. The van der Waals surface area contributed by atoms with Crippen LogP contribution >= 0.6 is 0 Å². The van der Waals surface area contributed by atoms with Gasteiger partial charge in [-0.25, -0.2) is 0 Å². The Balaban J connectivity index is 1.15. The lowest BCUT2D eigenvalue weighted by atomic mass is 9.43. The number of amides is 2. The molecule has 6 rings (SSSR count). The number of rotatable bonds is 10. The summed E-state index contributed by atoms with van der Waals surface area (Å²) in [6.45, 7) is 2.00. The normalized spacial score (nSPS) is 28.9. The molecule has 2 amide bonds. The van der Waals surface area contributed by atoms with Crippen LogP contribution in [-0.4, -0.2) is 31.4 Å². The molecule has 0 saturated heterocycles. The highest BCUT2D eigenvalue weighted by molar-refractivity contribution is 5.88. The minimum absolute atomic E-state index is 0.165. The van der Waals surface area contributed by atoms with Gasteiger partial charge in [-0.3, -0.25) is 9.59 Å². The topological polar surface area (TPSA) is 70.2 Å². The third-order valence-electron chi connectivity index (χ3n) is 8.31. The first kappa shape index (κ1) is 22.9. The average molecular weight is 460 g/mol. The van der Waals surface area contributed by atoms with Gasteiger partial charge in [-0.1, -0.05) is 48.5 Å². The third kappa shape index (κ3) is 4.84. The summed E-state index contributed by atoms with van der Waals surface area (Å²) in [4.78, 5) is 26.9. The summed E-state index contributed by atoms with van der Waals surface area (Å²) in [5.74, 6) is 1.37. The first-order valence-corrected chi connectivity index (χ1v) is 13.0. The molecule has 180 valence electrons. The maximum Gasteiger partial charge on any atom is 0.226 e. The van der Waals surface area contributed by atoms with Gasteiger partial charge in [0, 0.05) is 25.3 Å². The SMILES string of the molecule is O=C(NCCCc1ccccc1)C12CC3CC(C1)CC(C(=O)NCCNc1ccccc1)(C3)C2. The first-order chi connectivity index (χ1) is 16.6. The Kier molecular flexibility index (Phi) is 6.62. The van der Waals surface area contributed by atoms with Gasteiger partial charge in [-0.05, 0) is 80.9 Å². The average Bonchev–Trinajstić information content (AvgIpc) is 2.85. The number of para-hydroxylation sites is 1. The smallest absolute Gasteiger partial charge is 0.226 e. The summed E-state index contributed by atoms with van der Waals surface area (Å²) in [6, 6.07) is 20.5. The lowest BCUT2D eigenvalue weighted by molar-refractivity contribution is -0.167. The van der Waals surface area contributed by atoms with Crippen molar-refractivity contribution < 1.29 is 9.59 Å². The highest BCUT2D eigenvalue weighted by Gasteiger charge is 2.62. The van der Waals surface area contributed by atoms with Gasteiger partial charge in [0.1, 0.15) is 0 Å². The van der Waals surface area contributed by atoms with Crippen LogP contribution in [0.15, 0.2) is 60.7 Å². The summed E-state index contributed by atoms with van der Waals surface area (Å²) in [6.07, 6.45) is 7.64. The summed E-state index contributed by atoms with van der Waals surface area (Å²) >= 11 is 0. The molecule has 5 heteroatoms. The molecule has 0 aromatic heterocycles. The van der Waals surface area contributed by atoms with Crippen LogP contribution in [0.25, 0.3) is 0 Å². The van der Waals surface area contributed by atoms with Gasteiger partial charge < -0.3 is 16.0 Å². The van der Waals surface area contributed by atoms with E-state index in [-0.39, 0.29) is 22.6 Å². The van der Waals surface area contributed by atoms with Crippen LogP contribution in [0.1, 0.15) is 50.5 Å². The number of hydrogen-bond donors (Lipinski definition) is 3. The van der Waals surface area contributed by atoms with Crippen molar-refractivity contribution in [1.82, 2.24) is 10.6 Å². The van der Waals surface area contributed by atoms with Crippen LogP contribution in [0.2, 0.25) is 0 Å². The highest BCUT2D eigenvalue weighted by atomic mass is 16.2. The van der Waals surface area contributed by atoms with E-state index < -0.39 is 0 Å². The van der Waals surface area contributed by atoms with Crippen molar-refractivity contribution in [3.8, 4) is 0 Å². The van der Waals surface area contributed by atoms with Crippen LogP contribution in [0.3, 0.4) is 0 Å². The van der Waals surface area contributed by atoms with Crippen molar-refractivity contribution in [2.45, 2.75) is 51.4 Å². The Labute approximate surface area is 203 Å². The van der Waals surface area contributed by atoms with Gasteiger partial charge in [0.25, 0.3) is 0 Å². The fourth-order valence-corrected chi connectivity index (χ4v) is 7.25. The van der Waals surface area contributed by atoms with Crippen molar-refractivity contribution in [1.29, 1.82) is 0 Å². The summed E-state index contributed by atoms with van der Waals surface area (Å²) in [5, 5.41) is 9.82. The second-order valence-corrected chi connectivity index (χ2v) is 10.9. The Morgan fingerprint density at radius 2 is 1.29 bits per heavy atom. The molecule has 0 spiro atoms. The molecule has 4 fully saturated rings. The van der Waals surface area contributed by atoms with E-state index in [1.54, 1.807) is 0 Å². The molecule has 34 heavy (non-hydrogen) atoms. The van der Waals surface area contributed by atoms with Crippen LogP contribution < -0.4 is 16.0 Å². The Hall–Kier alpha value is -2.82. The lowest BCUT2D eigenvalue weighted by Crippen LogP contribution is -2.61. The third-order valence-corrected chi connectivity index (χ3v) is 8.31. The molecule has 0 heterocycles. The molecule has 3 N–H and O–H groups in total. The first-order valence-electron chi connectivity index (χ1n) is 13.0. The molecule has 4 saturated carbocycles. The molecular formula is C29H37N3O2. The zero-order chi connectivity index (χ0) is 23.4. The van der Waals surface area contributed by atoms with Crippen molar-refractivity contribution >= 4 is 17.5 Å². The number of nitrogens with one attached hydrogen (secondary N) is 3. The van der Waals surface area contributed by atoms with E-state index in [1.807, 2.05) is 36.4 Å². The van der Waals surface area contributed by atoms with Crippen molar-refractivity contribution in [2.75, 3.05) is 25.0 Å². The second-order valence-electron chi connectivity index (χ2n) is 10.9. The van der Waals surface area contributed by atoms with Crippen molar-refractivity contribution in [3.63, 3.8) is 0 Å². The maximum atomic E-state index is 13.4. The molecular weight excluding hydrogens is 422 g/mol. The van der Waals surface area contributed by atoms with Gasteiger partial charge in [-0.15, -0.1) is 0 Å². The van der Waals surface area contributed by atoms with Gasteiger partial charge >= 0.3 is 0 Å². The van der Waals surface area contributed by atoms with Gasteiger partial charge in [0.2, 0.25) is 11.8 Å². The fraction of sp³-hybridized carbons (Fsp3) is 0.517. The Morgan fingerprint density at radius 3 is 1.91 bits per heavy atom. The molecule has 2 aromatic carbocycles. The van der Waals surface area contributed by atoms with E-state index in [2.05, 4.69) is 40.2 Å². The zero-order valence-corrected chi connectivity index (χ0v) is 20.0. The maximum absolute atomic E-state index is 13.4. The van der Waals surface area contributed by atoms with E-state index in [0.717, 1.165) is 50.6 Å². The number of aryl methyl sites for hydroxylation is 1. The van der Waals surface area contributed by atoms with E-state index in [4.69, 9.17) is 0 Å². The quantitative estimate of drug-likeness (QED) is 0.457. The molecule has 0 aliphatic heterocycles. The number of benzene rings is 2. The molecule has 2 aromatic rings. The molecule has 5 nitrogen and oxygen atoms in total. The molecule has 4 aliphatic rings. The van der Waals surface area contributed by atoms with Crippen LogP contribution in [0.4, 0.5) is 5.69 Å². The molecule has 4 aliphatic carbocycles. The van der Waals surface area contributed by atoms with E-state index in [1.165, 1.54) is 12.0 Å². The predicted octanol–water partition coefficient (Wildman–Crippen LogP) is 4.55. The summed E-state index contributed by atoms with van der Waals surface area (Å²) in [5.41, 5.74) is 1.66. The standard InChI is InChI=1S/C29H37N3O2/c33-26(31-13-7-10-22-8-3-1-4-9-22)28-17-23-16-24(18-28)20-29(19-23,21-28)27(34)32-15-14-30-25-11-5-2-6-12-25/h1-6,8-9,11-12,23-24,30H,7,10,13-21H2,(H,31,33)(H,32,34). The second kappa shape index (κ2) is 9.81. The van der Waals surface area contributed by atoms with Crippen LogP contribution in [0, 0.1) is 22.7 Å². The molecule has 2 atom stereocenters. The van der Waals surface area contributed by atoms with Gasteiger partial charge in [0.15, 0.2) is 0 Å². The zero-order valence-electron chi connectivity index (χ0n) is 20.0. The van der Waals surface area contributed by atoms with Crippen LogP contribution in [-0.2, 0) is 16.0 Å². The Bertz CT molecular complexity index is 899. The summed E-state index contributed by atoms with van der Waals surface area (Å²) in [7, 11) is 0. The highest BCUT2D eigenvalue weighted by Crippen LogP contribution is 2.65. The minimum atomic E-state index is -0.363. The lowest BCUT2D eigenvalue weighted by Gasteiger charge is -2.60. The van der Waals surface area contributed by atoms with Crippen LogP contribution in [0.5, 0.6) is 0 Å². The van der Waals surface area contributed by atoms with Gasteiger partial charge in [0.05, 0.1) is 10.8 Å².